The number of hydrogen-bond acceptors (Lipinski definition) is 4. The van der Waals surface area contributed by atoms with E-state index in [2.05, 4.69) is 9.64 Å². The van der Waals surface area contributed by atoms with Gasteiger partial charge < -0.3 is 14.6 Å². The summed E-state index contributed by atoms with van der Waals surface area (Å²) in [6.45, 7) is -0.979. The minimum absolute atomic E-state index is 0. The van der Waals surface area contributed by atoms with Gasteiger partial charge in [-0.2, -0.15) is 8.78 Å². The maximum absolute atomic E-state index is 15.3. The highest BCUT2D eigenvalue weighted by atomic mass is 19.3. The molecule has 3 aromatic carbocycles. The third-order valence-electron chi connectivity index (χ3n) is 7.31. The predicted molar refractivity (Wildman–Crippen MR) is 149 cm³/mol. The van der Waals surface area contributed by atoms with Gasteiger partial charge in [0.15, 0.2) is 0 Å². The molecule has 0 saturated carbocycles. The zero-order valence-corrected chi connectivity index (χ0v) is 21.5. The number of phenols is 1. The Morgan fingerprint density at radius 3 is 2.42 bits per heavy atom. The minimum Gasteiger partial charge on any atom is -0.508 e. The number of phenolic OH excluding ortho intramolecular Hbond substituents is 1. The van der Waals surface area contributed by atoms with E-state index >= 15 is 4.39 Å². The number of allylic oxidation sites excluding steroid dienone is 1. The largest absolute Gasteiger partial charge is 0.508 e. The molecule has 0 unspecified atom stereocenters. The fourth-order valence-electron chi connectivity index (χ4n) is 5.56. The molecule has 0 spiro atoms. The molecule has 0 bridgehead atoms. The second-order valence-electron chi connectivity index (χ2n) is 9.96. The van der Waals surface area contributed by atoms with Crippen LogP contribution in [0.1, 0.15) is 55.4 Å². The Morgan fingerprint density at radius 2 is 1.70 bits per heavy atom. The van der Waals surface area contributed by atoms with Crippen LogP contribution in [-0.4, -0.2) is 49.0 Å². The van der Waals surface area contributed by atoms with Gasteiger partial charge in [-0.3, -0.25) is 9.29 Å². The molecule has 1 N–H and O–H groups in total. The number of nitrogens with zero attached hydrogens (tertiary/aromatic N) is 1. The molecule has 40 heavy (non-hydrogen) atoms. The Bertz CT molecular complexity index is 1330. The molecule has 8 heteroatoms. The number of halogens is 4. The molecule has 4 nitrogen and oxygen atoms in total. The van der Waals surface area contributed by atoms with Crippen molar-refractivity contribution in [3.05, 3.63) is 88.7 Å². The third-order valence-corrected chi connectivity index (χ3v) is 7.31. The highest BCUT2D eigenvalue weighted by molar-refractivity contribution is 6.00. The van der Waals surface area contributed by atoms with Crippen molar-refractivity contribution in [2.45, 2.75) is 52.2 Å². The lowest BCUT2D eigenvalue weighted by Gasteiger charge is -2.19. The van der Waals surface area contributed by atoms with Crippen LogP contribution in [0.15, 0.2) is 60.7 Å². The van der Waals surface area contributed by atoms with Crippen molar-refractivity contribution >= 4 is 11.1 Å². The van der Waals surface area contributed by atoms with Gasteiger partial charge in [0, 0.05) is 31.3 Å². The Morgan fingerprint density at radius 1 is 0.950 bits per heavy atom. The number of alkyl halides is 3. The summed E-state index contributed by atoms with van der Waals surface area (Å²) in [4.78, 5) is 2.21. The quantitative estimate of drug-likeness (QED) is 0.272. The lowest BCUT2D eigenvalue weighted by Crippen LogP contribution is -2.26. The second kappa shape index (κ2) is 13.2. The van der Waals surface area contributed by atoms with E-state index < -0.39 is 12.4 Å². The van der Waals surface area contributed by atoms with E-state index in [0.29, 0.717) is 24.8 Å². The first kappa shape index (κ1) is 29.5. The zero-order valence-electron chi connectivity index (χ0n) is 21.5. The van der Waals surface area contributed by atoms with Crippen molar-refractivity contribution in [3.63, 3.8) is 0 Å². The summed E-state index contributed by atoms with van der Waals surface area (Å²) in [6, 6.07) is 16.7. The summed E-state index contributed by atoms with van der Waals surface area (Å²) in [5.41, 5.74) is 4.61. The lowest BCUT2D eigenvalue weighted by molar-refractivity contribution is -0.0500. The van der Waals surface area contributed by atoms with Gasteiger partial charge in [-0.05, 0) is 96.3 Å². The van der Waals surface area contributed by atoms with Gasteiger partial charge in [0.05, 0.1) is 6.67 Å². The second-order valence-corrected chi connectivity index (χ2v) is 9.96. The van der Waals surface area contributed by atoms with Crippen molar-refractivity contribution in [2.24, 2.45) is 0 Å². The molecule has 5 rings (SSSR count). The highest BCUT2D eigenvalue weighted by Gasteiger charge is 2.25. The molecule has 214 valence electrons. The lowest BCUT2D eigenvalue weighted by atomic mass is 9.87. The number of aromatic hydroxyl groups is 1. The topological polar surface area (TPSA) is 41.9 Å². The third kappa shape index (κ3) is 6.78. The Kier molecular flexibility index (Phi) is 9.74. The first-order valence-corrected chi connectivity index (χ1v) is 13.3. The average molecular weight is 558 g/mol. The molecule has 0 amide bonds. The fourth-order valence-corrected chi connectivity index (χ4v) is 5.56. The van der Waals surface area contributed by atoms with E-state index in [1.807, 2.05) is 30.3 Å². The summed E-state index contributed by atoms with van der Waals surface area (Å²) in [6.07, 6.45) is 3.44. The van der Waals surface area contributed by atoms with Crippen molar-refractivity contribution in [1.29, 1.82) is 0 Å². The number of benzene rings is 3. The zero-order chi connectivity index (χ0) is 27.4. The summed E-state index contributed by atoms with van der Waals surface area (Å²) >= 11 is 0. The number of rotatable bonds is 9. The van der Waals surface area contributed by atoms with Crippen LogP contribution in [0.2, 0.25) is 0 Å². The van der Waals surface area contributed by atoms with Crippen molar-refractivity contribution in [2.75, 3.05) is 26.3 Å². The summed E-state index contributed by atoms with van der Waals surface area (Å²) in [5.74, 6) is 0.0139. The van der Waals surface area contributed by atoms with E-state index in [9.17, 15) is 18.3 Å². The molecular formula is C32H35F4NO3. The summed E-state index contributed by atoms with van der Waals surface area (Å²) < 4.78 is 63.7. The van der Waals surface area contributed by atoms with E-state index in [4.69, 9.17) is 4.74 Å². The summed E-state index contributed by atoms with van der Waals surface area (Å²) in [5, 5.41) is 10.1. The molecule has 0 aromatic heterocycles. The van der Waals surface area contributed by atoms with Gasteiger partial charge in [-0.25, -0.2) is 4.39 Å². The average Bonchev–Trinajstić information content (AvgIpc) is 3.27. The molecule has 1 atom stereocenters. The van der Waals surface area contributed by atoms with Gasteiger partial charge >= 0.3 is 6.61 Å². The van der Waals surface area contributed by atoms with E-state index in [1.165, 1.54) is 12.1 Å². The van der Waals surface area contributed by atoms with Crippen molar-refractivity contribution < 1.29 is 32.1 Å². The molecule has 3 aromatic rings. The van der Waals surface area contributed by atoms with Crippen LogP contribution in [0.25, 0.3) is 11.1 Å². The van der Waals surface area contributed by atoms with Gasteiger partial charge in [0.25, 0.3) is 0 Å². The number of fused-ring (bicyclic) bond motifs is 1. The van der Waals surface area contributed by atoms with E-state index in [1.54, 1.807) is 12.1 Å². The standard InChI is InChI=1S/C31H31F4NO3.CH4/c32-14-2-15-36-16-13-25(19-36)38-23-8-5-20(6-9-23)30-26-11-7-22(37)17-21(26)3-1-4-28(30)27-12-10-24(18-29(27)33)39-31(34)35;/h5-12,17-18,25,31,37H,1-4,13-16,19H2;1H4/t25-;/m0./s1. The van der Waals surface area contributed by atoms with Crippen LogP contribution in [0, 0.1) is 5.82 Å². The van der Waals surface area contributed by atoms with Crippen LogP contribution >= 0.6 is 0 Å². The molecular weight excluding hydrogens is 522 g/mol. The van der Waals surface area contributed by atoms with Crippen LogP contribution in [0.3, 0.4) is 0 Å². The number of likely N-dealkylation sites (tertiary alicyclic amines) is 1. The SMILES string of the molecule is C.Oc1ccc2c(c1)CCCC(c1ccc(OC(F)F)cc1F)=C2c1ccc(O[C@H]2CCN(CCCF)C2)cc1. The van der Waals surface area contributed by atoms with E-state index in [0.717, 1.165) is 72.1 Å². The number of aryl methyl sites for hydroxylation is 1. The maximum atomic E-state index is 15.3. The predicted octanol–water partition coefficient (Wildman–Crippen LogP) is 7.88. The van der Waals surface area contributed by atoms with Gasteiger partial charge in [-0.15, -0.1) is 0 Å². The van der Waals surface area contributed by atoms with Crippen LogP contribution in [0.4, 0.5) is 17.6 Å². The van der Waals surface area contributed by atoms with Gasteiger partial charge in [0.2, 0.25) is 0 Å². The van der Waals surface area contributed by atoms with Gasteiger partial charge in [-0.1, -0.05) is 25.6 Å². The normalized spacial score (nSPS) is 17.4. The molecule has 1 saturated heterocycles. The first-order valence-electron chi connectivity index (χ1n) is 13.3. The highest BCUT2D eigenvalue weighted by Crippen LogP contribution is 2.42. The van der Waals surface area contributed by atoms with Crippen molar-refractivity contribution in [3.8, 4) is 17.2 Å². The summed E-state index contributed by atoms with van der Waals surface area (Å²) in [7, 11) is 0. The molecule has 2 aliphatic rings. The Hall–Kier alpha value is -3.52. The monoisotopic (exact) mass is 557 g/mol. The number of ether oxygens (including phenoxy) is 2. The molecule has 1 aliphatic heterocycles. The Labute approximate surface area is 232 Å². The fraction of sp³-hybridized carbons (Fsp3) is 0.375. The van der Waals surface area contributed by atoms with E-state index in [-0.39, 0.29) is 31.7 Å². The van der Waals surface area contributed by atoms with Crippen LogP contribution < -0.4 is 9.47 Å². The molecule has 1 heterocycles. The Balaban J connectivity index is 0.00000370. The minimum atomic E-state index is -3.04. The van der Waals surface area contributed by atoms with Crippen LogP contribution in [0.5, 0.6) is 17.2 Å². The molecule has 0 radical (unpaired) electrons. The smallest absolute Gasteiger partial charge is 0.387 e. The maximum Gasteiger partial charge on any atom is 0.387 e. The van der Waals surface area contributed by atoms with Gasteiger partial charge in [0.1, 0.15) is 29.2 Å². The van der Waals surface area contributed by atoms with Crippen molar-refractivity contribution in [1.82, 2.24) is 4.90 Å². The molecule has 1 fully saturated rings. The molecule has 1 aliphatic carbocycles. The van der Waals surface area contributed by atoms with Crippen LogP contribution in [-0.2, 0) is 6.42 Å². The first-order chi connectivity index (χ1) is 18.9. The number of hydrogen-bond donors (Lipinski definition) is 1.